The number of piperazine rings is 1. The number of nitrogens with zero attached hydrogens (tertiary/aromatic N) is 2. The van der Waals surface area contributed by atoms with E-state index in [1.54, 1.807) is 12.0 Å². The van der Waals surface area contributed by atoms with E-state index in [2.05, 4.69) is 11.8 Å². The lowest BCUT2D eigenvalue weighted by Crippen LogP contribution is -2.50. The second kappa shape index (κ2) is 10.8. The number of esters is 1. The van der Waals surface area contributed by atoms with Crippen LogP contribution in [0.15, 0.2) is 54.6 Å². The van der Waals surface area contributed by atoms with Crippen LogP contribution in [0.1, 0.15) is 31.7 Å². The van der Waals surface area contributed by atoms with E-state index in [1.165, 1.54) is 0 Å². The molecule has 31 heavy (non-hydrogen) atoms. The second-order valence-electron chi connectivity index (χ2n) is 7.95. The van der Waals surface area contributed by atoms with Crippen molar-refractivity contribution in [3.63, 3.8) is 0 Å². The molecule has 2 aromatic rings. The van der Waals surface area contributed by atoms with Crippen molar-refractivity contribution in [2.75, 3.05) is 44.8 Å². The minimum Gasteiger partial charge on any atom is -0.497 e. The predicted octanol–water partition coefficient (Wildman–Crippen LogP) is 3.72. The van der Waals surface area contributed by atoms with E-state index >= 15 is 0 Å². The zero-order valence-electron chi connectivity index (χ0n) is 18.6. The Bertz CT molecular complexity index is 846. The number of amides is 1. The molecule has 0 saturated carbocycles. The Kier molecular flexibility index (Phi) is 7.93. The van der Waals surface area contributed by atoms with Crippen LogP contribution in [-0.2, 0) is 14.3 Å². The molecule has 2 aromatic carbocycles. The summed E-state index contributed by atoms with van der Waals surface area (Å²) in [7, 11) is 1.65. The fraction of sp³-hybridized carbons (Fsp3) is 0.440. The van der Waals surface area contributed by atoms with Crippen molar-refractivity contribution in [1.82, 2.24) is 4.90 Å². The van der Waals surface area contributed by atoms with Gasteiger partial charge >= 0.3 is 5.97 Å². The molecule has 0 radical (unpaired) electrons. The zero-order valence-corrected chi connectivity index (χ0v) is 18.6. The average molecular weight is 425 g/mol. The second-order valence-corrected chi connectivity index (χ2v) is 7.95. The normalized spacial score (nSPS) is 15.8. The maximum absolute atomic E-state index is 12.8. The number of ether oxygens (including phenoxy) is 2. The van der Waals surface area contributed by atoms with Gasteiger partial charge in [0.1, 0.15) is 5.75 Å². The molecule has 0 spiro atoms. The van der Waals surface area contributed by atoms with Gasteiger partial charge in [-0.1, -0.05) is 50.6 Å². The van der Waals surface area contributed by atoms with Crippen molar-refractivity contribution in [2.45, 2.75) is 26.2 Å². The van der Waals surface area contributed by atoms with E-state index in [0.717, 1.165) is 36.5 Å². The first kappa shape index (κ1) is 22.7. The fourth-order valence-corrected chi connectivity index (χ4v) is 3.91. The van der Waals surface area contributed by atoms with Crippen LogP contribution < -0.4 is 9.64 Å². The molecule has 3 rings (SSSR count). The molecule has 0 N–H and O–H groups in total. The smallest absolute Gasteiger partial charge is 0.314 e. The number of benzene rings is 2. The zero-order chi connectivity index (χ0) is 22.2. The van der Waals surface area contributed by atoms with Gasteiger partial charge in [0.2, 0.25) is 0 Å². The van der Waals surface area contributed by atoms with Crippen LogP contribution in [0.3, 0.4) is 0 Å². The SMILES string of the molecule is CC[C@@H](C)[C@H](C(=O)OCC(=O)N1CCN(c2ccc(OC)cc2)CC1)c1ccccc1. The first-order chi connectivity index (χ1) is 15.0. The van der Waals surface area contributed by atoms with Gasteiger partial charge in [0.05, 0.1) is 13.0 Å². The molecule has 1 aliphatic heterocycles. The summed E-state index contributed by atoms with van der Waals surface area (Å²) in [4.78, 5) is 29.5. The summed E-state index contributed by atoms with van der Waals surface area (Å²) in [6, 6.07) is 17.6. The average Bonchev–Trinajstić information content (AvgIpc) is 2.83. The van der Waals surface area contributed by atoms with Crippen molar-refractivity contribution in [2.24, 2.45) is 5.92 Å². The highest BCUT2D eigenvalue weighted by Crippen LogP contribution is 2.28. The van der Waals surface area contributed by atoms with E-state index < -0.39 is 0 Å². The topological polar surface area (TPSA) is 59.1 Å². The quantitative estimate of drug-likeness (QED) is 0.605. The number of hydrogen-bond acceptors (Lipinski definition) is 5. The lowest BCUT2D eigenvalue weighted by atomic mass is 9.86. The van der Waals surface area contributed by atoms with Crippen LogP contribution in [0.5, 0.6) is 5.75 Å². The highest BCUT2D eigenvalue weighted by molar-refractivity contribution is 5.83. The third-order valence-electron chi connectivity index (χ3n) is 6.03. The number of hydrogen-bond donors (Lipinski definition) is 0. The van der Waals surface area contributed by atoms with Gasteiger partial charge in [0.15, 0.2) is 6.61 Å². The van der Waals surface area contributed by atoms with Gasteiger partial charge in [-0.2, -0.15) is 0 Å². The van der Waals surface area contributed by atoms with E-state index in [-0.39, 0.29) is 30.3 Å². The monoisotopic (exact) mass is 424 g/mol. The molecular weight excluding hydrogens is 392 g/mol. The van der Waals surface area contributed by atoms with Crippen molar-refractivity contribution >= 4 is 17.6 Å². The Balaban J connectivity index is 1.51. The van der Waals surface area contributed by atoms with Gasteiger partial charge in [-0.25, -0.2) is 0 Å². The maximum Gasteiger partial charge on any atom is 0.314 e. The fourth-order valence-electron chi connectivity index (χ4n) is 3.91. The van der Waals surface area contributed by atoms with Crippen molar-refractivity contribution in [1.29, 1.82) is 0 Å². The molecule has 1 amide bonds. The lowest BCUT2D eigenvalue weighted by Gasteiger charge is -2.36. The summed E-state index contributed by atoms with van der Waals surface area (Å²) in [5.74, 6) is 0.138. The largest absolute Gasteiger partial charge is 0.497 e. The number of methoxy groups -OCH3 is 1. The number of carbonyl (C=O) groups is 2. The van der Waals surface area contributed by atoms with Crippen molar-refractivity contribution < 1.29 is 19.1 Å². The number of carbonyl (C=O) groups excluding carboxylic acids is 2. The standard InChI is InChI=1S/C25H32N2O4/c1-4-19(2)24(20-8-6-5-7-9-20)25(29)31-18-23(28)27-16-14-26(15-17-27)21-10-12-22(30-3)13-11-21/h5-13,19,24H,4,14-18H2,1-3H3/t19-,24+/m1/s1. The van der Waals surface area contributed by atoms with E-state index in [4.69, 9.17) is 9.47 Å². The molecule has 1 aliphatic rings. The molecular formula is C25H32N2O4. The molecule has 0 aliphatic carbocycles. The van der Waals surface area contributed by atoms with Crippen LogP contribution >= 0.6 is 0 Å². The van der Waals surface area contributed by atoms with Gasteiger partial charge in [-0.15, -0.1) is 0 Å². The molecule has 0 aromatic heterocycles. The van der Waals surface area contributed by atoms with E-state index in [0.29, 0.717) is 13.1 Å². The van der Waals surface area contributed by atoms with Crippen LogP contribution in [0.2, 0.25) is 0 Å². The highest BCUT2D eigenvalue weighted by Gasteiger charge is 2.29. The first-order valence-electron chi connectivity index (χ1n) is 10.9. The highest BCUT2D eigenvalue weighted by atomic mass is 16.5. The molecule has 2 atom stereocenters. The molecule has 0 unspecified atom stereocenters. The molecule has 1 fully saturated rings. The molecule has 166 valence electrons. The van der Waals surface area contributed by atoms with Crippen molar-refractivity contribution in [3.8, 4) is 5.75 Å². The van der Waals surface area contributed by atoms with Gasteiger partial charge in [-0.05, 0) is 35.7 Å². The Morgan fingerprint density at radius 3 is 2.19 bits per heavy atom. The van der Waals surface area contributed by atoms with Crippen LogP contribution in [0.25, 0.3) is 0 Å². The van der Waals surface area contributed by atoms with E-state index in [1.807, 2.05) is 61.5 Å². The van der Waals surface area contributed by atoms with Gasteiger partial charge in [-0.3, -0.25) is 9.59 Å². The summed E-state index contributed by atoms with van der Waals surface area (Å²) in [6.07, 6.45) is 0.857. The van der Waals surface area contributed by atoms with Gasteiger partial charge in [0.25, 0.3) is 5.91 Å². The van der Waals surface area contributed by atoms with Crippen LogP contribution in [0.4, 0.5) is 5.69 Å². The lowest BCUT2D eigenvalue weighted by molar-refractivity contribution is -0.154. The minimum absolute atomic E-state index is 0.137. The summed E-state index contributed by atoms with van der Waals surface area (Å²) in [6.45, 7) is 6.59. The van der Waals surface area contributed by atoms with E-state index in [9.17, 15) is 9.59 Å². The Labute approximate surface area is 184 Å². The third kappa shape index (κ3) is 5.78. The first-order valence-corrected chi connectivity index (χ1v) is 10.9. The summed E-state index contributed by atoms with van der Waals surface area (Å²) >= 11 is 0. The van der Waals surface area contributed by atoms with Crippen LogP contribution in [-0.4, -0.2) is 56.7 Å². The maximum atomic E-state index is 12.8. The summed E-state index contributed by atoms with van der Waals surface area (Å²) in [5.41, 5.74) is 2.04. The van der Waals surface area contributed by atoms with Gasteiger partial charge in [0, 0.05) is 31.9 Å². The third-order valence-corrected chi connectivity index (χ3v) is 6.03. The summed E-state index contributed by atoms with van der Waals surface area (Å²) < 4.78 is 10.7. The molecule has 1 saturated heterocycles. The van der Waals surface area contributed by atoms with Gasteiger partial charge < -0.3 is 19.3 Å². The molecule has 1 heterocycles. The van der Waals surface area contributed by atoms with Crippen molar-refractivity contribution in [3.05, 3.63) is 60.2 Å². The Morgan fingerprint density at radius 2 is 1.61 bits per heavy atom. The number of anilines is 1. The summed E-state index contributed by atoms with van der Waals surface area (Å²) in [5, 5.41) is 0. The predicted molar refractivity (Wildman–Crippen MR) is 121 cm³/mol. The molecule has 0 bridgehead atoms. The Morgan fingerprint density at radius 1 is 0.968 bits per heavy atom. The minimum atomic E-state index is -0.356. The molecule has 6 nitrogen and oxygen atoms in total. The van der Waals surface area contributed by atoms with Crippen LogP contribution in [0, 0.1) is 5.92 Å². The number of rotatable bonds is 8. The Hall–Kier alpha value is -3.02. The molecule has 6 heteroatoms.